The van der Waals surface area contributed by atoms with Crippen molar-refractivity contribution >= 4 is 11.6 Å². The maximum absolute atomic E-state index is 11.4. The van der Waals surface area contributed by atoms with E-state index in [1.165, 1.54) is 5.69 Å². The van der Waals surface area contributed by atoms with Crippen molar-refractivity contribution in [3.05, 3.63) is 42.0 Å². The summed E-state index contributed by atoms with van der Waals surface area (Å²) < 4.78 is 0. The van der Waals surface area contributed by atoms with Crippen LogP contribution in [0, 0.1) is 0 Å². The molecule has 0 fully saturated rings. The number of benzene rings is 1. The summed E-state index contributed by atoms with van der Waals surface area (Å²) in [4.78, 5) is 13.7. The summed E-state index contributed by atoms with van der Waals surface area (Å²) in [6.07, 6.45) is 0. The third kappa shape index (κ3) is 3.91. The summed E-state index contributed by atoms with van der Waals surface area (Å²) in [7, 11) is 0. The molecule has 1 rings (SSSR count). The van der Waals surface area contributed by atoms with Crippen LogP contribution in [0.5, 0.6) is 0 Å². The molecule has 0 saturated heterocycles. The predicted molar refractivity (Wildman–Crippen MR) is 76.7 cm³/mol. The summed E-state index contributed by atoms with van der Waals surface area (Å²) in [6.45, 7) is 12.2. The summed E-state index contributed by atoms with van der Waals surface area (Å²) in [5.41, 5.74) is 2.85. The Kier molecular flexibility index (Phi) is 5.43. The Morgan fingerprint density at radius 1 is 1.22 bits per heavy atom. The van der Waals surface area contributed by atoms with E-state index in [-0.39, 0.29) is 5.91 Å². The van der Waals surface area contributed by atoms with Crippen molar-refractivity contribution in [2.45, 2.75) is 27.3 Å². The van der Waals surface area contributed by atoms with E-state index in [1.807, 2.05) is 12.1 Å². The van der Waals surface area contributed by atoms with E-state index in [9.17, 15) is 4.79 Å². The fourth-order valence-corrected chi connectivity index (χ4v) is 1.75. The highest BCUT2D eigenvalue weighted by molar-refractivity contribution is 5.91. The Hall–Kier alpha value is -1.77. The predicted octanol–water partition coefficient (Wildman–Crippen LogP) is 2.73. The molecule has 0 atom stereocenters. The average molecular weight is 246 g/mol. The smallest absolute Gasteiger partial charge is 0.246 e. The number of rotatable bonds is 6. The van der Waals surface area contributed by atoms with Crippen LogP contribution in [0.25, 0.3) is 0 Å². The minimum atomic E-state index is -0.0946. The Balaban J connectivity index is 2.60. The third-order valence-corrected chi connectivity index (χ3v) is 2.91. The molecule has 0 unspecified atom stereocenters. The van der Waals surface area contributed by atoms with Crippen LogP contribution < -0.4 is 10.2 Å². The summed E-state index contributed by atoms with van der Waals surface area (Å²) in [5, 5.41) is 2.82. The van der Waals surface area contributed by atoms with Gasteiger partial charge < -0.3 is 10.2 Å². The Morgan fingerprint density at radius 3 is 2.22 bits per heavy atom. The molecule has 1 N–H and O–H groups in total. The van der Waals surface area contributed by atoms with Gasteiger partial charge in [-0.2, -0.15) is 0 Å². The molecule has 0 aliphatic carbocycles. The van der Waals surface area contributed by atoms with Gasteiger partial charge in [-0.15, -0.1) is 0 Å². The van der Waals surface area contributed by atoms with E-state index >= 15 is 0 Å². The van der Waals surface area contributed by atoms with Crippen LogP contribution in [0.2, 0.25) is 0 Å². The lowest BCUT2D eigenvalue weighted by atomic mass is 10.2. The standard InChI is InChI=1S/C15H22N2O/c1-5-17(6-2)14-9-7-13(8-10-14)11-16-15(18)12(3)4/h7-10H,3,5-6,11H2,1-2,4H3,(H,16,18). The van der Waals surface area contributed by atoms with Crippen molar-refractivity contribution in [1.29, 1.82) is 0 Å². The lowest BCUT2D eigenvalue weighted by Crippen LogP contribution is -2.23. The lowest BCUT2D eigenvalue weighted by Gasteiger charge is -2.21. The lowest BCUT2D eigenvalue weighted by molar-refractivity contribution is -0.117. The molecule has 0 bridgehead atoms. The van der Waals surface area contributed by atoms with Crippen LogP contribution in [-0.4, -0.2) is 19.0 Å². The van der Waals surface area contributed by atoms with Crippen molar-refractivity contribution in [1.82, 2.24) is 5.32 Å². The molecule has 0 spiro atoms. The van der Waals surface area contributed by atoms with Gasteiger partial charge in [0.1, 0.15) is 0 Å². The number of anilines is 1. The minimum Gasteiger partial charge on any atom is -0.372 e. The zero-order valence-electron chi connectivity index (χ0n) is 11.5. The molecule has 1 amide bonds. The second kappa shape index (κ2) is 6.84. The maximum Gasteiger partial charge on any atom is 0.246 e. The molecule has 0 heterocycles. The van der Waals surface area contributed by atoms with Gasteiger partial charge in [-0.25, -0.2) is 0 Å². The van der Waals surface area contributed by atoms with Gasteiger partial charge in [0.05, 0.1) is 0 Å². The van der Waals surface area contributed by atoms with Crippen LogP contribution in [0.3, 0.4) is 0 Å². The molecule has 0 aliphatic heterocycles. The quantitative estimate of drug-likeness (QED) is 0.783. The second-order valence-corrected chi connectivity index (χ2v) is 4.30. The fourth-order valence-electron chi connectivity index (χ4n) is 1.75. The van der Waals surface area contributed by atoms with Gasteiger partial charge in [0, 0.05) is 30.9 Å². The molecule has 0 radical (unpaired) electrons. The maximum atomic E-state index is 11.4. The highest BCUT2D eigenvalue weighted by atomic mass is 16.1. The molecule has 0 aliphatic rings. The van der Waals surface area contributed by atoms with Crippen LogP contribution in [-0.2, 0) is 11.3 Å². The third-order valence-electron chi connectivity index (χ3n) is 2.91. The van der Waals surface area contributed by atoms with Crippen molar-refractivity contribution in [3.8, 4) is 0 Å². The molecule has 18 heavy (non-hydrogen) atoms. The molecule has 0 saturated carbocycles. The van der Waals surface area contributed by atoms with Gasteiger partial charge in [0.15, 0.2) is 0 Å². The topological polar surface area (TPSA) is 32.3 Å². The van der Waals surface area contributed by atoms with E-state index < -0.39 is 0 Å². The number of hydrogen-bond donors (Lipinski definition) is 1. The SMILES string of the molecule is C=C(C)C(=O)NCc1ccc(N(CC)CC)cc1. The van der Waals surface area contributed by atoms with Gasteiger partial charge in [-0.05, 0) is 38.5 Å². The summed E-state index contributed by atoms with van der Waals surface area (Å²) >= 11 is 0. The first-order valence-electron chi connectivity index (χ1n) is 6.36. The number of carbonyl (C=O) groups excluding carboxylic acids is 1. The second-order valence-electron chi connectivity index (χ2n) is 4.30. The zero-order valence-corrected chi connectivity index (χ0v) is 11.5. The Morgan fingerprint density at radius 2 is 1.78 bits per heavy atom. The van der Waals surface area contributed by atoms with Crippen LogP contribution in [0.15, 0.2) is 36.4 Å². The van der Waals surface area contributed by atoms with Crippen molar-refractivity contribution in [3.63, 3.8) is 0 Å². The number of hydrogen-bond acceptors (Lipinski definition) is 2. The van der Waals surface area contributed by atoms with E-state index in [0.717, 1.165) is 18.7 Å². The van der Waals surface area contributed by atoms with Gasteiger partial charge in [-0.1, -0.05) is 18.7 Å². The van der Waals surface area contributed by atoms with Gasteiger partial charge in [-0.3, -0.25) is 4.79 Å². The zero-order chi connectivity index (χ0) is 13.5. The number of amides is 1. The number of carbonyl (C=O) groups is 1. The van der Waals surface area contributed by atoms with E-state index in [2.05, 4.69) is 42.8 Å². The number of nitrogens with zero attached hydrogens (tertiary/aromatic N) is 1. The molecule has 3 heteroatoms. The largest absolute Gasteiger partial charge is 0.372 e. The van der Waals surface area contributed by atoms with Crippen molar-refractivity contribution in [2.75, 3.05) is 18.0 Å². The Bertz CT molecular complexity index is 405. The molecular formula is C15H22N2O. The fraction of sp³-hybridized carbons (Fsp3) is 0.400. The highest BCUT2D eigenvalue weighted by Crippen LogP contribution is 2.14. The molecule has 0 aromatic heterocycles. The van der Waals surface area contributed by atoms with Gasteiger partial charge >= 0.3 is 0 Å². The first kappa shape index (κ1) is 14.3. The van der Waals surface area contributed by atoms with E-state index in [0.29, 0.717) is 12.1 Å². The summed E-state index contributed by atoms with van der Waals surface area (Å²) in [6, 6.07) is 8.28. The monoisotopic (exact) mass is 246 g/mol. The van der Waals surface area contributed by atoms with E-state index in [1.54, 1.807) is 6.92 Å². The Labute approximate surface area is 109 Å². The number of nitrogens with one attached hydrogen (secondary N) is 1. The molecular weight excluding hydrogens is 224 g/mol. The molecule has 98 valence electrons. The average Bonchev–Trinajstić information content (AvgIpc) is 2.38. The molecule has 1 aromatic rings. The van der Waals surface area contributed by atoms with Crippen LogP contribution in [0.4, 0.5) is 5.69 Å². The van der Waals surface area contributed by atoms with E-state index in [4.69, 9.17) is 0 Å². The highest BCUT2D eigenvalue weighted by Gasteiger charge is 2.03. The normalized spacial score (nSPS) is 9.94. The minimum absolute atomic E-state index is 0.0946. The molecule has 3 nitrogen and oxygen atoms in total. The van der Waals surface area contributed by atoms with Crippen LogP contribution >= 0.6 is 0 Å². The van der Waals surface area contributed by atoms with Crippen molar-refractivity contribution < 1.29 is 4.79 Å². The first-order valence-corrected chi connectivity index (χ1v) is 6.36. The van der Waals surface area contributed by atoms with Crippen LogP contribution in [0.1, 0.15) is 26.3 Å². The van der Waals surface area contributed by atoms with Gasteiger partial charge in [0.2, 0.25) is 5.91 Å². The van der Waals surface area contributed by atoms with Crippen molar-refractivity contribution in [2.24, 2.45) is 0 Å². The van der Waals surface area contributed by atoms with Gasteiger partial charge in [0.25, 0.3) is 0 Å². The summed E-state index contributed by atoms with van der Waals surface area (Å²) in [5.74, 6) is -0.0946. The first-order chi connectivity index (χ1) is 8.58. The molecule has 1 aromatic carbocycles.